The molecule has 8 heteroatoms. The highest BCUT2D eigenvalue weighted by atomic mass is 32.1. The van der Waals surface area contributed by atoms with Gasteiger partial charge in [-0.25, -0.2) is 4.98 Å². The molecule has 5 aromatic heterocycles. The second kappa shape index (κ2) is 24.6. The summed E-state index contributed by atoms with van der Waals surface area (Å²) < 4.78 is 11.8. The van der Waals surface area contributed by atoms with Gasteiger partial charge in [-0.15, -0.1) is 11.3 Å². The van der Waals surface area contributed by atoms with Gasteiger partial charge in [-0.05, 0) is 93.8 Å². The van der Waals surface area contributed by atoms with Gasteiger partial charge in [-0.1, -0.05) is 89.2 Å². The highest BCUT2D eigenvalue weighted by Crippen LogP contribution is 2.20. The van der Waals surface area contributed by atoms with Crippen molar-refractivity contribution < 1.29 is 8.83 Å². The van der Waals surface area contributed by atoms with E-state index in [-0.39, 0.29) is 0 Å². The summed E-state index contributed by atoms with van der Waals surface area (Å²) in [6.45, 7) is 28.9. The third kappa shape index (κ3) is 19.0. The van der Waals surface area contributed by atoms with Crippen LogP contribution in [0.1, 0.15) is 145 Å². The van der Waals surface area contributed by atoms with Crippen molar-refractivity contribution in [1.29, 1.82) is 0 Å². The topological polar surface area (TPSA) is 69.3 Å². The number of allylic oxidation sites excluding steroid dienone is 1. The van der Waals surface area contributed by atoms with Gasteiger partial charge in [0.2, 0.25) is 0 Å². The molecular weight excluding hydrogens is 657 g/mol. The molecule has 0 spiro atoms. The number of aliphatic imine (C=N–C) groups is 1. The van der Waals surface area contributed by atoms with Crippen molar-refractivity contribution in [3.05, 3.63) is 116 Å². The predicted molar refractivity (Wildman–Crippen MR) is 219 cm³/mol. The number of nitrogens with zero attached hydrogens (tertiary/aromatic N) is 4. The lowest BCUT2D eigenvalue weighted by molar-refractivity contribution is 0.487. The summed E-state index contributed by atoms with van der Waals surface area (Å²) in [4.78, 5) is 9.61. The van der Waals surface area contributed by atoms with Crippen molar-refractivity contribution in [1.82, 2.24) is 14.8 Å². The number of hydrogen-bond donors (Lipinski definition) is 0. The smallest absolute Gasteiger partial charge is 0.106 e. The van der Waals surface area contributed by atoms with Crippen LogP contribution in [0.3, 0.4) is 0 Å². The average molecular weight is 721 g/mol. The number of hydrogen-bond acceptors (Lipinski definition) is 7. The number of rotatable bonds is 6. The molecule has 0 N–H and O–H groups in total. The standard InChI is InChI=1S/C7H12N2.C7H11NS.C7H11N.2C7H10O.C7H10S/c1-6(2)7-4-8-9(3)5-7;1-5(2)7-4-8-6(3)9-7;2*1-6(2)7-3-4-8-5-7;1-6(2)7-4-3-5-8-7;1-6(2)7-3-4-8-5-7/h4-6H,1-3H3;4-5H,1-3H3;3,5-6H,4H2,1-2H3;3*3-6H,1-2H3. The SMILES string of the molecule is CC(C)C1=CCN=C1.CC(C)c1ccco1.CC(C)c1ccoc1.CC(C)c1ccsc1.CC(C)c1cnn(C)c1.Cc1ncc(C(C)C)s1. The van der Waals surface area contributed by atoms with Crippen molar-refractivity contribution in [2.24, 2.45) is 18.0 Å². The molecule has 6 nitrogen and oxygen atoms in total. The zero-order valence-electron chi connectivity index (χ0n) is 33.2. The normalized spacial score (nSPS) is 11.6. The van der Waals surface area contributed by atoms with E-state index in [0.29, 0.717) is 35.5 Å². The molecule has 0 saturated heterocycles. The van der Waals surface area contributed by atoms with Gasteiger partial charge >= 0.3 is 0 Å². The molecule has 1 aliphatic heterocycles. The first-order chi connectivity index (χ1) is 23.6. The molecule has 0 aromatic carbocycles. The van der Waals surface area contributed by atoms with E-state index >= 15 is 0 Å². The molecule has 0 radical (unpaired) electrons. The van der Waals surface area contributed by atoms with Crippen LogP contribution in [0.15, 0.2) is 97.9 Å². The largest absolute Gasteiger partial charge is 0.472 e. The fourth-order valence-corrected chi connectivity index (χ4v) is 5.57. The van der Waals surface area contributed by atoms with Crippen molar-refractivity contribution in [2.45, 2.75) is 120 Å². The van der Waals surface area contributed by atoms with E-state index in [4.69, 9.17) is 8.83 Å². The van der Waals surface area contributed by atoms with Crippen LogP contribution in [0, 0.1) is 12.8 Å². The molecule has 0 atom stereocenters. The lowest BCUT2D eigenvalue weighted by Crippen LogP contribution is -1.90. The Kier molecular flexibility index (Phi) is 21.9. The summed E-state index contributed by atoms with van der Waals surface area (Å²) in [5.74, 6) is 4.75. The second-order valence-corrected chi connectivity index (χ2v) is 16.0. The van der Waals surface area contributed by atoms with E-state index in [1.54, 1.807) is 41.5 Å². The van der Waals surface area contributed by atoms with Gasteiger partial charge in [0.05, 0.1) is 36.5 Å². The lowest BCUT2D eigenvalue weighted by Gasteiger charge is -1.98. The molecule has 0 unspecified atom stereocenters. The lowest BCUT2D eigenvalue weighted by atomic mass is 10.1. The first-order valence-electron chi connectivity index (χ1n) is 17.8. The highest BCUT2D eigenvalue weighted by molar-refractivity contribution is 7.11. The van der Waals surface area contributed by atoms with Gasteiger partial charge in [0, 0.05) is 36.5 Å². The fourth-order valence-electron chi connectivity index (χ4n) is 3.96. The van der Waals surface area contributed by atoms with Crippen LogP contribution in [0.5, 0.6) is 0 Å². The third-order valence-corrected chi connectivity index (χ3v) is 9.39. The Morgan fingerprint density at radius 1 is 0.740 bits per heavy atom. The summed E-state index contributed by atoms with van der Waals surface area (Å²) in [5.41, 5.74) is 5.41. The van der Waals surface area contributed by atoms with E-state index < -0.39 is 0 Å². The molecule has 5 aromatic rings. The highest BCUT2D eigenvalue weighted by Gasteiger charge is 2.03. The Labute approximate surface area is 311 Å². The van der Waals surface area contributed by atoms with Gasteiger partial charge < -0.3 is 8.83 Å². The first kappa shape index (κ1) is 44.5. The molecule has 0 fully saturated rings. The number of furan rings is 2. The minimum Gasteiger partial charge on any atom is -0.472 e. The van der Waals surface area contributed by atoms with Crippen molar-refractivity contribution in [3.63, 3.8) is 0 Å². The zero-order valence-corrected chi connectivity index (χ0v) is 34.8. The number of thiazole rings is 1. The molecule has 0 saturated carbocycles. The monoisotopic (exact) mass is 720 g/mol. The number of aryl methyl sites for hydroxylation is 2. The van der Waals surface area contributed by atoms with Gasteiger partial charge in [-0.2, -0.15) is 16.4 Å². The molecule has 0 bridgehead atoms. The average Bonchev–Trinajstić information content (AvgIpc) is 3.92. The molecular formula is C42H64N4O2S2. The van der Waals surface area contributed by atoms with E-state index in [1.165, 1.54) is 32.1 Å². The van der Waals surface area contributed by atoms with Gasteiger partial charge in [-0.3, -0.25) is 9.67 Å². The van der Waals surface area contributed by atoms with Crippen LogP contribution < -0.4 is 0 Å². The number of aromatic nitrogens is 3. The van der Waals surface area contributed by atoms with Gasteiger partial charge in [0.15, 0.2) is 0 Å². The van der Waals surface area contributed by atoms with Crippen LogP contribution in [-0.4, -0.2) is 27.5 Å². The van der Waals surface area contributed by atoms with Crippen LogP contribution >= 0.6 is 22.7 Å². The van der Waals surface area contributed by atoms with E-state index in [9.17, 15) is 0 Å². The quantitative estimate of drug-likeness (QED) is 0.175. The minimum atomic E-state index is 0.519. The Balaban J connectivity index is 0.000000300. The van der Waals surface area contributed by atoms with Crippen LogP contribution in [0.4, 0.5) is 0 Å². The summed E-state index contributed by atoms with van der Waals surface area (Å²) >= 11 is 3.55. The summed E-state index contributed by atoms with van der Waals surface area (Å²) in [6.07, 6.45) is 15.2. The van der Waals surface area contributed by atoms with Gasteiger partial charge in [0.25, 0.3) is 0 Å². The van der Waals surface area contributed by atoms with E-state index in [1.807, 2.05) is 61.7 Å². The molecule has 0 amide bonds. The maximum Gasteiger partial charge on any atom is 0.106 e. The van der Waals surface area contributed by atoms with Crippen LogP contribution in [-0.2, 0) is 7.05 Å². The van der Waals surface area contributed by atoms with Crippen LogP contribution in [0.25, 0.3) is 0 Å². The van der Waals surface area contributed by atoms with E-state index in [0.717, 1.165) is 12.3 Å². The van der Waals surface area contributed by atoms with Crippen LogP contribution in [0.2, 0.25) is 0 Å². The maximum atomic E-state index is 5.09. The molecule has 1 aliphatic rings. The summed E-state index contributed by atoms with van der Waals surface area (Å²) in [7, 11) is 1.94. The van der Waals surface area contributed by atoms with Crippen molar-refractivity contribution in [2.75, 3.05) is 6.54 Å². The Morgan fingerprint density at radius 2 is 1.42 bits per heavy atom. The minimum absolute atomic E-state index is 0.519. The molecule has 6 rings (SSSR count). The second-order valence-electron chi connectivity index (χ2n) is 14.0. The maximum absolute atomic E-state index is 5.09. The van der Waals surface area contributed by atoms with E-state index in [2.05, 4.69) is 121 Å². The molecule has 6 heterocycles. The summed E-state index contributed by atoms with van der Waals surface area (Å²) in [5, 5.41) is 9.54. The Morgan fingerprint density at radius 3 is 1.66 bits per heavy atom. The van der Waals surface area contributed by atoms with Crippen molar-refractivity contribution in [3.8, 4) is 0 Å². The third-order valence-electron chi connectivity index (χ3n) is 7.47. The van der Waals surface area contributed by atoms with Gasteiger partial charge in [0.1, 0.15) is 5.76 Å². The first-order valence-corrected chi connectivity index (χ1v) is 19.6. The number of thiophene rings is 1. The molecule has 50 heavy (non-hydrogen) atoms. The zero-order chi connectivity index (χ0) is 37.6. The summed E-state index contributed by atoms with van der Waals surface area (Å²) in [6, 6.07) is 8.07. The Bertz CT molecular complexity index is 1420. The molecule has 0 aliphatic carbocycles. The molecule has 276 valence electrons. The Hall–Kier alpha value is -3.49. The fraction of sp³-hybridized carbons (Fsp3) is 0.500. The van der Waals surface area contributed by atoms with Crippen molar-refractivity contribution >= 4 is 28.9 Å². The predicted octanol–water partition coefficient (Wildman–Crippen LogP) is 13.4.